The second kappa shape index (κ2) is 5.25. The van der Waals surface area contributed by atoms with Gasteiger partial charge in [-0.05, 0) is 38.1 Å². The largest absolute Gasteiger partial charge is 0.380 e. The van der Waals surface area contributed by atoms with Crippen LogP contribution in [0, 0.1) is 11.3 Å². The van der Waals surface area contributed by atoms with E-state index in [1.54, 1.807) is 7.11 Å². The minimum atomic E-state index is -0.0330. The van der Waals surface area contributed by atoms with Crippen molar-refractivity contribution in [3.63, 3.8) is 0 Å². The van der Waals surface area contributed by atoms with Crippen LogP contribution in [0.5, 0.6) is 0 Å². The van der Waals surface area contributed by atoms with Gasteiger partial charge < -0.3 is 10.5 Å². The van der Waals surface area contributed by atoms with E-state index in [9.17, 15) is 0 Å². The van der Waals surface area contributed by atoms with Crippen LogP contribution in [0.25, 0.3) is 0 Å². The normalized spacial score (nSPS) is 28.1. The van der Waals surface area contributed by atoms with Crippen LogP contribution in [0.2, 0.25) is 0 Å². The van der Waals surface area contributed by atoms with Crippen LogP contribution in [0.1, 0.15) is 41.0 Å². The van der Waals surface area contributed by atoms with E-state index < -0.39 is 0 Å². The third-order valence-electron chi connectivity index (χ3n) is 4.78. The van der Waals surface area contributed by atoms with E-state index >= 15 is 0 Å². The summed E-state index contributed by atoms with van der Waals surface area (Å²) in [5, 5.41) is 0. The van der Waals surface area contributed by atoms with Gasteiger partial charge in [0.2, 0.25) is 0 Å². The maximum Gasteiger partial charge on any atom is 0.0736 e. The van der Waals surface area contributed by atoms with E-state index in [4.69, 9.17) is 10.5 Å². The molecule has 1 aliphatic heterocycles. The summed E-state index contributed by atoms with van der Waals surface area (Å²) in [5.41, 5.74) is 6.35. The van der Waals surface area contributed by atoms with Crippen LogP contribution >= 0.6 is 0 Å². The molecule has 0 bridgehead atoms. The maximum atomic E-state index is 6.00. The van der Waals surface area contributed by atoms with Crippen molar-refractivity contribution >= 4 is 0 Å². The molecule has 3 atom stereocenters. The van der Waals surface area contributed by atoms with Gasteiger partial charge in [0.25, 0.3) is 0 Å². The molecule has 0 radical (unpaired) electrons. The maximum absolute atomic E-state index is 6.00. The first-order valence-corrected chi connectivity index (χ1v) is 6.73. The number of nitrogens with zero attached hydrogens (tertiary/aromatic N) is 1. The predicted octanol–water partition coefficient (Wildman–Crippen LogP) is 2.11. The molecular weight excluding hydrogens is 212 g/mol. The van der Waals surface area contributed by atoms with E-state index in [1.165, 1.54) is 6.42 Å². The smallest absolute Gasteiger partial charge is 0.0736 e. The minimum absolute atomic E-state index is 0.0330. The van der Waals surface area contributed by atoms with Gasteiger partial charge in [-0.25, -0.2) is 0 Å². The highest BCUT2D eigenvalue weighted by atomic mass is 16.5. The SMILES string of the molecule is COC(C)C(C)(CN)N1CCC(C(C)(C)C)C1. The van der Waals surface area contributed by atoms with Crippen LogP contribution in [-0.2, 0) is 4.74 Å². The van der Waals surface area contributed by atoms with Crippen molar-refractivity contribution in [2.75, 3.05) is 26.7 Å². The molecule has 0 saturated carbocycles. The van der Waals surface area contributed by atoms with Crippen LogP contribution in [-0.4, -0.2) is 43.3 Å². The van der Waals surface area contributed by atoms with Gasteiger partial charge in [0.05, 0.1) is 11.6 Å². The predicted molar refractivity (Wildman–Crippen MR) is 73.1 cm³/mol. The molecule has 102 valence electrons. The van der Waals surface area contributed by atoms with Crippen molar-refractivity contribution < 1.29 is 4.74 Å². The summed E-state index contributed by atoms with van der Waals surface area (Å²) in [6, 6.07) is 0. The lowest BCUT2D eigenvalue weighted by Crippen LogP contribution is -2.58. The van der Waals surface area contributed by atoms with Gasteiger partial charge in [-0.3, -0.25) is 4.90 Å². The molecular formula is C14H30N2O. The van der Waals surface area contributed by atoms with Crippen molar-refractivity contribution in [2.24, 2.45) is 17.1 Å². The van der Waals surface area contributed by atoms with Crippen molar-refractivity contribution in [1.29, 1.82) is 0 Å². The average Bonchev–Trinajstić information content (AvgIpc) is 2.76. The monoisotopic (exact) mass is 242 g/mol. The number of nitrogens with two attached hydrogens (primary N) is 1. The molecule has 0 spiro atoms. The van der Waals surface area contributed by atoms with E-state index in [0.717, 1.165) is 19.0 Å². The molecule has 1 saturated heterocycles. The second-order valence-corrected chi connectivity index (χ2v) is 6.74. The minimum Gasteiger partial charge on any atom is -0.380 e. The van der Waals surface area contributed by atoms with Crippen molar-refractivity contribution in [3.8, 4) is 0 Å². The van der Waals surface area contributed by atoms with Crippen LogP contribution in [0.3, 0.4) is 0 Å². The second-order valence-electron chi connectivity index (χ2n) is 6.74. The summed E-state index contributed by atoms with van der Waals surface area (Å²) < 4.78 is 5.52. The molecule has 0 aliphatic carbocycles. The van der Waals surface area contributed by atoms with E-state index in [-0.39, 0.29) is 11.6 Å². The van der Waals surface area contributed by atoms with Crippen LogP contribution < -0.4 is 5.73 Å². The number of hydrogen-bond acceptors (Lipinski definition) is 3. The zero-order valence-electron chi connectivity index (χ0n) is 12.4. The summed E-state index contributed by atoms with van der Waals surface area (Å²) >= 11 is 0. The molecule has 1 aliphatic rings. The molecule has 1 fully saturated rings. The van der Waals surface area contributed by atoms with E-state index in [2.05, 4.69) is 39.5 Å². The molecule has 0 aromatic rings. The summed E-state index contributed by atoms with van der Waals surface area (Å²) in [4.78, 5) is 2.52. The Hall–Kier alpha value is -0.120. The quantitative estimate of drug-likeness (QED) is 0.820. The molecule has 3 nitrogen and oxygen atoms in total. The number of likely N-dealkylation sites (tertiary alicyclic amines) is 1. The van der Waals surface area contributed by atoms with Crippen molar-refractivity contribution in [2.45, 2.75) is 52.7 Å². The van der Waals surface area contributed by atoms with Gasteiger partial charge in [0.15, 0.2) is 0 Å². The third kappa shape index (κ3) is 3.01. The first-order valence-electron chi connectivity index (χ1n) is 6.73. The van der Waals surface area contributed by atoms with Gasteiger partial charge in [0, 0.05) is 20.2 Å². The topological polar surface area (TPSA) is 38.5 Å². The Bertz CT molecular complexity index is 249. The first-order chi connectivity index (χ1) is 7.75. The Labute approximate surface area is 107 Å². The van der Waals surface area contributed by atoms with E-state index in [0.29, 0.717) is 12.0 Å². The highest BCUT2D eigenvalue weighted by Gasteiger charge is 2.42. The molecule has 3 unspecified atom stereocenters. The summed E-state index contributed by atoms with van der Waals surface area (Å²) in [7, 11) is 1.77. The van der Waals surface area contributed by atoms with E-state index in [1.807, 2.05) is 0 Å². The van der Waals surface area contributed by atoms with Gasteiger partial charge in [-0.15, -0.1) is 0 Å². The Morgan fingerprint density at radius 2 is 1.94 bits per heavy atom. The van der Waals surface area contributed by atoms with Crippen LogP contribution in [0.4, 0.5) is 0 Å². The molecule has 1 heterocycles. The van der Waals surface area contributed by atoms with Gasteiger partial charge in [-0.2, -0.15) is 0 Å². The number of ether oxygens (including phenoxy) is 1. The molecule has 2 N–H and O–H groups in total. The summed E-state index contributed by atoms with van der Waals surface area (Å²) in [5.74, 6) is 0.762. The average molecular weight is 242 g/mol. The lowest BCUT2D eigenvalue weighted by molar-refractivity contribution is -0.0242. The van der Waals surface area contributed by atoms with Crippen molar-refractivity contribution in [3.05, 3.63) is 0 Å². The van der Waals surface area contributed by atoms with Crippen LogP contribution in [0.15, 0.2) is 0 Å². The lowest BCUT2D eigenvalue weighted by atomic mass is 9.80. The van der Waals surface area contributed by atoms with Crippen molar-refractivity contribution in [1.82, 2.24) is 4.90 Å². The molecule has 0 aromatic heterocycles. The Kier molecular flexibility index (Phi) is 4.61. The fourth-order valence-corrected chi connectivity index (χ4v) is 2.74. The fourth-order valence-electron chi connectivity index (χ4n) is 2.74. The molecule has 1 rings (SSSR count). The number of hydrogen-bond donors (Lipinski definition) is 1. The molecule has 0 amide bonds. The highest BCUT2D eigenvalue weighted by molar-refractivity contribution is 4.98. The molecule has 0 aromatic carbocycles. The number of rotatable bonds is 4. The fraction of sp³-hybridized carbons (Fsp3) is 1.00. The Balaban J connectivity index is 2.74. The molecule has 17 heavy (non-hydrogen) atoms. The van der Waals surface area contributed by atoms with Gasteiger partial charge >= 0.3 is 0 Å². The number of methoxy groups -OCH3 is 1. The van der Waals surface area contributed by atoms with Gasteiger partial charge in [0.1, 0.15) is 0 Å². The van der Waals surface area contributed by atoms with Gasteiger partial charge in [-0.1, -0.05) is 20.8 Å². The summed E-state index contributed by atoms with van der Waals surface area (Å²) in [6.45, 7) is 14.3. The first kappa shape index (κ1) is 14.9. The zero-order valence-corrected chi connectivity index (χ0v) is 12.4. The Morgan fingerprint density at radius 1 is 1.35 bits per heavy atom. The highest BCUT2D eigenvalue weighted by Crippen LogP contribution is 2.37. The Morgan fingerprint density at radius 3 is 2.29 bits per heavy atom. The zero-order chi connectivity index (χ0) is 13.3. The standard InChI is InChI=1S/C14H30N2O/c1-11(17-6)14(5,10-15)16-8-7-12(9-16)13(2,3)4/h11-12H,7-10,15H2,1-6H3. The lowest BCUT2D eigenvalue weighted by Gasteiger charge is -2.42. The third-order valence-corrected chi connectivity index (χ3v) is 4.78. The summed E-state index contributed by atoms with van der Waals surface area (Å²) in [6.07, 6.45) is 1.45. The molecule has 3 heteroatoms.